The summed E-state index contributed by atoms with van der Waals surface area (Å²) in [5, 5.41) is 15.3. The molecule has 0 unspecified atom stereocenters. The molecular weight excluding hydrogens is 436 g/mol. The van der Waals surface area contributed by atoms with Gasteiger partial charge in [0.15, 0.2) is 0 Å². The summed E-state index contributed by atoms with van der Waals surface area (Å²) in [5.74, 6) is 0. The van der Waals surface area contributed by atoms with E-state index in [9.17, 15) is 10.1 Å². The van der Waals surface area contributed by atoms with Crippen molar-refractivity contribution < 1.29 is 4.92 Å². The molecule has 4 nitrogen and oxygen atoms in total. The van der Waals surface area contributed by atoms with E-state index in [0.29, 0.717) is 0 Å². The van der Waals surface area contributed by atoms with Gasteiger partial charge in [0.2, 0.25) is 0 Å². The zero-order chi connectivity index (χ0) is 21.9. The summed E-state index contributed by atoms with van der Waals surface area (Å²) in [6.07, 6.45) is 0. The van der Waals surface area contributed by atoms with Crippen LogP contribution in [0.15, 0.2) is 108 Å². The number of nitrogens with zero attached hydrogens (tertiary/aromatic N) is 2. The van der Waals surface area contributed by atoms with Crippen molar-refractivity contribution in [2.45, 2.75) is 0 Å². The van der Waals surface area contributed by atoms with Gasteiger partial charge in [0.25, 0.3) is 5.69 Å². The fourth-order valence-corrected chi connectivity index (χ4v) is 5.07. The average Bonchev–Trinajstić information content (AvgIpc) is 3.55. The van der Waals surface area contributed by atoms with Crippen molar-refractivity contribution in [3.05, 3.63) is 118 Å². The van der Waals surface area contributed by atoms with E-state index >= 15 is 0 Å². The van der Waals surface area contributed by atoms with Gasteiger partial charge in [0.1, 0.15) is 0 Å². The molecule has 0 bridgehead atoms. The number of hydrogen-bond acceptors (Lipinski definition) is 5. The van der Waals surface area contributed by atoms with Crippen LogP contribution in [-0.4, -0.2) is 4.92 Å². The standard InChI is InChI=1S/C26H18N2O2S2/c29-28(30)24-15-13-23(14-16-24)27(21-9-5-19(6-10-21)25-3-1-17-31-25)22-11-7-20(8-12-22)26-4-2-18-32-26/h1-18H. The van der Waals surface area contributed by atoms with E-state index < -0.39 is 0 Å². The summed E-state index contributed by atoms with van der Waals surface area (Å²) in [7, 11) is 0. The van der Waals surface area contributed by atoms with E-state index in [1.165, 1.54) is 20.9 Å². The third-order valence-electron chi connectivity index (χ3n) is 5.18. The lowest BCUT2D eigenvalue weighted by Crippen LogP contribution is -2.09. The topological polar surface area (TPSA) is 46.4 Å². The molecule has 0 radical (unpaired) electrons. The molecule has 5 rings (SSSR count). The van der Waals surface area contributed by atoms with Gasteiger partial charge < -0.3 is 4.90 Å². The highest BCUT2D eigenvalue weighted by atomic mass is 32.1. The van der Waals surface area contributed by atoms with Crippen molar-refractivity contribution in [1.29, 1.82) is 0 Å². The molecule has 3 aromatic carbocycles. The molecule has 0 spiro atoms. The minimum absolute atomic E-state index is 0.0785. The Labute approximate surface area is 193 Å². The number of anilines is 3. The molecule has 5 aromatic rings. The van der Waals surface area contributed by atoms with Crippen LogP contribution in [0.25, 0.3) is 20.9 Å². The van der Waals surface area contributed by atoms with Crippen LogP contribution in [0.2, 0.25) is 0 Å². The van der Waals surface area contributed by atoms with Crippen LogP contribution >= 0.6 is 22.7 Å². The summed E-state index contributed by atoms with van der Waals surface area (Å²) in [4.78, 5) is 15.3. The Balaban J connectivity index is 1.55. The predicted molar refractivity (Wildman–Crippen MR) is 134 cm³/mol. The fourth-order valence-electron chi connectivity index (χ4n) is 3.61. The van der Waals surface area contributed by atoms with E-state index in [2.05, 4.69) is 76.3 Å². The first kappa shape index (κ1) is 20.2. The van der Waals surface area contributed by atoms with Crippen LogP contribution in [0.3, 0.4) is 0 Å². The van der Waals surface area contributed by atoms with Gasteiger partial charge in [-0.3, -0.25) is 10.1 Å². The maximum atomic E-state index is 11.1. The normalized spacial score (nSPS) is 10.8. The molecule has 2 aromatic heterocycles. The maximum absolute atomic E-state index is 11.1. The maximum Gasteiger partial charge on any atom is 0.269 e. The van der Waals surface area contributed by atoms with Gasteiger partial charge in [0, 0.05) is 38.9 Å². The molecule has 32 heavy (non-hydrogen) atoms. The van der Waals surface area contributed by atoms with Crippen LogP contribution in [0.4, 0.5) is 22.7 Å². The third-order valence-corrected chi connectivity index (χ3v) is 7.02. The molecule has 0 saturated carbocycles. The second-order valence-electron chi connectivity index (χ2n) is 7.16. The Bertz CT molecular complexity index is 1230. The lowest BCUT2D eigenvalue weighted by atomic mass is 10.1. The van der Waals surface area contributed by atoms with Crippen molar-refractivity contribution in [3.8, 4) is 20.9 Å². The van der Waals surface area contributed by atoms with Gasteiger partial charge in [-0.1, -0.05) is 36.4 Å². The Kier molecular flexibility index (Phi) is 5.54. The van der Waals surface area contributed by atoms with Crippen molar-refractivity contribution in [2.75, 3.05) is 4.90 Å². The molecule has 0 saturated heterocycles. The van der Waals surface area contributed by atoms with E-state index in [0.717, 1.165) is 17.1 Å². The van der Waals surface area contributed by atoms with Crippen LogP contribution in [0.5, 0.6) is 0 Å². The summed E-state index contributed by atoms with van der Waals surface area (Å²) < 4.78 is 0. The van der Waals surface area contributed by atoms with Crippen LogP contribution in [0, 0.1) is 10.1 Å². The van der Waals surface area contributed by atoms with Crippen molar-refractivity contribution >= 4 is 45.4 Å². The first-order chi connectivity index (χ1) is 15.7. The molecular formula is C26H18N2O2S2. The summed E-state index contributed by atoms with van der Waals surface area (Å²) in [5.41, 5.74) is 5.25. The van der Waals surface area contributed by atoms with E-state index in [4.69, 9.17) is 0 Å². The van der Waals surface area contributed by atoms with Gasteiger partial charge >= 0.3 is 0 Å². The number of benzene rings is 3. The Morgan fingerprint density at radius 2 is 1.00 bits per heavy atom. The zero-order valence-electron chi connectivity index (χ0n) is 16.9. The number of hydrogen-bond donors (Lipinski definition) is 0. The average molecular weight is 455 g/mol. The number of thiophene rings is 2. The first-order valence-electron chi connectivity index (χ1n) is 10.0. The first-order valence-corrected chi connectivity index (χ1v) is 11.8. The molecule has 0 fully saturated rings. The van der Waals surface area contributed by atoms with E-state index in [1.54, 1.807) is 46.9 Å². The minimum Gasteiger partial charge on any atom is -0.310 e. The predicted octanol–water partition coefficient (Wildman–Crippen LogP) is 8.52. The number of nitro benzene ring substituents is 1. The zero-order valence-corrected chi connectivity index (χ0v) is 18.6. The number of nitro groups is 1. The third kappa shape index (κ3) is 4.06. The molecule has 0 aliphatic carbocycles. The minimum atomic E-state index is -0.375. The van der Waals surface area contributed by atoms with E-state index in [1.807, 2.05) is 12.1 Å². The molecule has 0 amide bonds. The Morgan fingerprint density at radius 3 is 1.34 bits per heavy atom. The van der Waals surface area contributed by atoms with Crippen molar-refractivity contribution in [1.82, 2.24) is 0 Å². The monoisotopic (exact) mass is 454 g/mol. The Morgan fingerprint density at radius 1 is 0.594 bits per heavy atom. The van der Waals surface area contributed by atoms with Crippen LogP contribution < -0.4 is 4.90 Å². The van der Waals surface area contributed by atoms with Crippen molar-refractivity contribution in [3.63, 3.8) is 0 Å². The highest BCUT2D eigenvalue weighted by molar-refractivity contribution is 7.13. The summed E-state index contributed by atoms with van der Waals surface area (Å²) in [6.45, 7) is 0. The van der Waals surface area contributed by atoms with Crippen LogP contribution in [-0.2, 0) is 0 Å². The lowest BCUT2D eigenvalue weighted by molar-refractivity contribution is -0.384. The molecule has 2 heterocycles. The van der Waals surface area contributed by atoms with E-state index in [-0.39, 0.29) is 10.6 Å². The highest BCUT2D eigenvalue weighted by Crippen LogP contribution is 2.38. The number of non-ortho nitro benzene ring substituents is 1. The molecule has 0 N–H and O–H groups in total. The molecule has 6 heteroatoms. The second kappa shape index (κ2) is 8.78. The molecule has 0 aliphatic rings. The van der Waals surface area contributed by atoms with Crippen molar-refractivity contribution in [2.24, 2.45) is 0 Å². The van der Waals surface area contributed by atoms with Gasteiger partial charge in [-0.2, -0.15) is 0 Å². The lowest BCUT2D eigenvalue weighted by Gasteiger charge is -2.25. The SMILES string of the molecule is O=[N+]([O-])c1ccc(N(c2ccc(-c3cccs3)cc2)c2ccc(-c3cccs3)cc2)cc1. The summed E-state index contributed by atoms with van der Waals surface area (Å²) >= 11 is 3.42. The summed E-state index contributed by atoms with van der Waals surface area (Å²) in [6, 6.07) is 31.8. The second-order valence-corrected chi connectivity index (χ2v) is 9.05. The molecule has 156 valence electrons. The Hall–Kier alpha value is -3.74. The highest BCUT2D eigenvalue weighted by Gasteiger charge is 2.15. The van der Waals surface area contributed by atoms with Gasteiger partial charge in [-0.15, -0.1) is 22.7 Å². The van der Waals surface area contributed by atoms with Gasteiger partial charge in [-0.25, -0.2) is 0 Å². The van der Waals surface area contributed by atoms with Gasteiger partial charge in [-0.05, 0) is 70.4 Å². The van der Waals surface area contributed by atoms with Crippen LogP contribution in [0.1, 0.15) is 0 Å². The largest absolute Gasteiger partial charge is 0.310 e. The number of rotatable bonds is 6. The smallest absolute Gasteiger partial charge is 0.269 e. The molecule has 0 aliphatic heterocycles. The fraction of sp³-hybridized carbons (Fsp3) is 0. The molecule has 0 atom stereocenters. The van der Waals surface area contributed by atoms with Gasteiger partial charge in [0.05, 0.1) is 4.92 Å². The quantitative estimate of drug-likeness (QED) is 0.191.